The maximum Gasteiger partial charge on any atom is 0.0847 e. The predicted octanol–water partition coefficient (Wildman–Crippen LogP) is 2.33. The summed E-state index contributed by atoms with van der Waals surface area (Å²) in [7, 11) is 0. The van der Waals surface area contributed by atoms with Crippen LogP contribution in [0.25, 0.3) is 0 Å². The van der Waals surface area contributed by atoms with Gasteiger partial charge in [0.2, 0.25) is 0 Å². The molecule has 0 aliphatic heterocycles. The van der Waals surface area contributed by atoms with E-state index in [9.17, 15) is 10.2 Å². The molecule has 0 amide bonds. The van der Waals surface area contributed by atoms with E-state index in [4.69, 9.17) is 0 Å². The van der Waals surface area contributed by atoms with E-state index in [1.807, 2.05) is 20.8 Å². The highest BCUT2D eigenvalue weighted by molar-refractivity contribution is 4.79. The topological polar surface area (TPSA) is 40.5 Å². The third-order valence-electron chi connectivity index (χ3n) is 2.36. The molecule has 0 bridgehead atoms. The molecule has 80 valence electrons. The average molecular weight is 188 g/mol. The highest BCUT2D eigenvalue weighted by Crippen LogP contribution is 2.23. The summed E-state index contributed by atoms with van der Waals surface area (Å²) < 4.78 is 0. The van der Waals surface area contributed by atoms with Gasteiger partial charge in [-0.1, -0.05) is 47.0 Å². The van der Waals surface area contributed by atoms with Gasteiger partial charge >= 0.3 is 0 Å². The van der Waals surface area contributed by atoms with Crippen molar-refractivity contribution in [3.63, 3.8) is 0 Å². The molecule has 0 fully saturated rings. The van der Waals surface area contributed by atoms with E-state index in [1.54, 1.807) is 0 Å². The molecule has 0 saturated carbocycles. The molecule has 2 nitrogen and oxygen atoms in total. The molecular formula is C11H24O2. The van der Waals surface area contributed by atoms with Gasteiger partial charge in [0.15, 0.2) is 0 Å². The zero-order valence-corrected chi connectivity index (χ0v) is 9.38. The molecule has 0 spiro atoms. The van der Waals surface area contributed by atoms with Crippen molar-refractivity contribution in [2.75, 3.05) is 0 Å². The molecule has 0 aliphatic carbocycles. The molecule has 0 aliphatic rings. The molecule has 2 unspecified atom stereocenters. The minimum absolute atomic E-state index is 0.217. The van der Waals surface area contributed by atoms with E-state index in [0.29, 0.717) is 6.42 Å². The van der Waals surface area contributed by atoms with Crippen molar-refractivity contribution in [2.24, 2.45) is 5.41 Å². The van der Waals surface area contributed by atoms with Gasteiger partial charge in [-0.25, -0.2) is 0 Å². The van der Waals surface area contributed by atoms with E-state index >= 15 is 0 Å². The summed E-state index contributed by atoms with van der Waals surface area (Å²) in [5, 5.41) is 19.3. The monoisotopic (exact) mass is 188 g/mol. The average Bonchev–Trinajstić information content (AvgIpc) is 2.01. The Morgan fingerprint density at radius 3 is 2.00 bits per heavy atom. The lowest BCUT2D eigenvalue weighted by Gasteiger charge is -2.29. The first-order valence-electron chi connectivity index (χ1n) is 5.25. The number of hydrogen-bond donors (Lipinski definition) is 2. The first-order valence-corrected chi connectivity index (χ1v) is 5.25. The first kappa shape index (κ1) is 12.9. The molecule has 2 N–H and O–H groups in total. The second-order valence-electron chi connectivity index (χ2n) is 4.87. The van der Waals surface area contributed by atoms with Gasteiger partial charge in [0, 0.05) is 0 Å². The summed E-state index contributed by atoms with van der Waals surface area (Å²) in [6.07, 6.45) is 2.83. The van der Waals surface area contributed by atoms with Gasteiger partial charge < -0.3 is 10.2 Å². The van der Waals surface area contributed by atoms with Crippen molar-refractivity contribution in [3.8, 4) is 0 Å². The molecule has 0 aromatic carbocycles. The summed E-state index contributed by atoms with van der Waals surface area (Å²) >= 11 is 0. The summed E-state index contributed by atoms with van der Waals surface area (Å²) in [5.74, 6) is 0. The quantitative estimate of drug-likeness (QED) is 0.650. The molecule has 0 rings (SSSR count). The van der Waals surface area contributed by atoms with Crippen LogP contribution in [0.3, 0.4) is 0 Å². The van der Waals surface area contributed by atoms with E-state index in [1.165, 1.54) is 0 Å². The fourth-order valence-corrected chi connectivity index (χ4v) is 1.34. The van der Waals surface area contributed by atoms with Crippen molar-refractivity contribution in [1.82, 2.24) is 0 Å². The highest BCUT2D eigenvalue weighted by atomic mass is 16.3. The lowest BCUT2D eigenvalue weighted by molar-refractivity contribution is -0.0481. The van der Waals surface area contributed by atoms with Gasteiger partial charge in [-0.2, -0.15) is 0 Å². The zero-order valence-electron chi connectivity index (χ0n) is 9.38. The molecule has 2 atom stereocenters. The summed E-state index contributed by atoms with van der Waals surface area (Å²) in [4.78, 5) is 0. The van der Waals surface area contributed by atoms with Crippen LogP contribution in [0.5, 0.6) is 0 Å². The summed E-state index contributed by atoms with van der Waals surface area (Å²) in [6, 6.07) is 0. The van der Waals surface area contributed by atoms with Crippen LogP contribution in [0, 0.1) is 5.41 Å². The van der Waals surface area contributed by atoms with Gasteiger partial charge in [-0.05, 0) is 11.8 Å². The van der Waals surface area contributed by atoms with Crippen LogP contribution >= 0.6 is 0 Å². The minimum Gasteiger partial charge on any atom is -0.390 e. The fourth-order valence-electron chi connectivity index (χ4n) is 1.34. The largest absolute Gasteiger partial charge is 0.390 e. The van der Waals surface area contributed by atoms with Gasteiger partial charge in [0.25, 0.3) is 0 Å². The Labute approximate surface area is 82.0 Å². The van der Waals surface area contributed by atoms with Crippen molar-refractivity contribution in [2.45, 2.75) is 65.6 Å². The number of aliphatic hydroxyl groups is 2. The third-order valence-corrected chi connectivity index (χ3v) is 2.36. The first-order chi connectivity index (χ1) is 5.89. The zero-order chi connectivity index (χ0) is 10.5. The van der Waals surface area contributed by atoms with Gasteiger partial charge in [-0.15, -0.1) is 0 Å². The Balaban J connectivity index is 3.76. The molecule has 0 radical (unpaired) electrons. The Bertz CT molecular complexity index is 127. The number of unbranched alkanes of at least 4 members (excludes halogenated alkanes) is 2. The molecule has 0 aromatic rings. The number of rotatable bonds is 5. The van der Waals surface area contributed by atoms with Gasteiger partial charge in [0.1, 0.15) is 0 Å². The van der Waals surface area contributed by atoms with Crippen LogP contribution in [0.15, 0.2) is 0 Å². The normalized spacial score (nSPS) is 17.1. The third kappa shape index (κ3) is 5.27. The summed E-state index contributed by atoms with van der Waals surface area (Å²) in [5.41, 5.74) is -0.217. The second kappa shape index (κ2) is 5.61. The maximum atomic E-state index is 9.70. The number of hydrogen-bond acceptors (Lipinski definition) is 2. The lowest BCUT2D eigenvalue weighted by Crippen LogP contribution is -2.37. The Morgan fingerprint density at radius 2 is 1.62 bits per heavy atom. The summed E-state index contributed by atoms with van der Waals surface area (Å²) in [6.45, 7) is 7.97. The van der Waals surface area contributed by atoms with E-state index in [0.717, 1.165) is 19.3 Å². The minimum atomic E-state index is -0.607. The van der Waals surface area contributed by atoms with Crippen LogP contribution in [-0.4, -0.2) is 22.4 Å². The molecule has 2 heteroatoms. The Morgan fingerprint density at radius 1 is 1.08 bits per heavy atom. The van der Waals surface area contributed by atoms with Crippen LogP contribution in [-0.2, 0) is 0 Å². The van der Waals surface area contributed by atoms with Crippen molar-refractivity contribution in [3.05, 3.63) is 0 Å². The smallest absolute Gasteiger partial charge is 0.0847 e. The predicted molar refractivity (Wildman–Crippen MR) is 55.6 cm³/mol. The lowest BCUT2D eigenvalue weighted by atomic mass is 9.84. The Hall–Kier alpha value is -0.0800. The van der Waals surface area contributed by atoms with E-state index in [2.05, 4.69) is 6.92 Å². The van der Waals surface area contributed by atoms with Crippen LogP contribution < -0.4 is 0 Å². The highest BCUT2D eigenvalue weighted by Gasteiger charge is 2.28. The fraction of sp³-hybridized carbons (Fsp3) is 1.00. The standard InChI is InChI=1S/C11H24O2/c1-5-6-7-8-9(12)10(13)11(2,3)4/h9-10,12-13H,5-8H2,1-4H3. The van der Waals surface area contributed by atoms with E-state index in [-0.39, 0.29) is 5.41 Å². The maximum absolute atomic E-state index is 9.70. The second-order valence-corrected chi connectivity index (χ2v) is 4.87. The van der Waals surface area contributed by atoms with E-state index < -0.39 is 12.2 Å². The van der Waals surface area contributed by atoms with Crippen LogP contribution in [0.2, 0.25) is 0 Å². The molecule has 0 heterocycles. The van der Waals surface area contributed by atoms with Gasteiger partial charge in [-0.3, -0.25) is 0 Å². The van der Waals surface area contributed by atoms with Gasteiger partial charge in [0.05, 0.1) is 12.2 Å². The SMILES string of the molecule is CCCCCC(O)C(O)C(C)(C)C. The van der Waals surface area contributed by atoms with Crippen molar-refractivity contribution < 1.29 is 10.2 Å². The van der Waals surface area contributed by atoms with Crippen LogP contribution in [0.1, 0.15) is 53.4 Å². The Kier molecular flexibility index (Phi) is 5.57. The molecule has 13 heavy (non-hydrogen) atoms. The molecular weight excluding hydrogens is 164 g/mol. The van der Waals surface area contributed by atoms with Crippen molar-refractivity contribution in [1.29, 1.82) is 0 Å². The molecule has 0 aromatic heterocycles. The van der Waals surface area contributed by atoms with Crippen molar-refractivity contribution >= 4 is 0 Å². The van der Waals surface area contributed by atoms with Crippen LogP contribution in [0.4, 0.5) is 0 Å². The number of aliphatic hydroxyl groups excluding tert-OH is 2. The molecule has 0 saturated heterocycles.